The van der Waals surface area contributed by atoms with E-state index in [1.807, 2.05) is 26.1 Å². The van der Waals surface area contributed by atoms with E-state index in [0.717, 1.165) is 36.7 Å². The van der Waals surface area contributed by atoms with Crippen LogP contribution in [0.5, 0.6) is 0 Å². The zero-order valence-electron chi connectivity index (χ0n) is 12.3. The van der Waals surface area contributed by atoms with Gasteiger partial charge in [-0.3, -0.25) is 4.68 Å². The second-order valence-corrected chi connectivity index (χ2v) is 5.06. The first-order chi connectivity index (χ1) is 10.2. The van der Waals surface area contributed by atoms with E-state index >= 15 is 0 Å². The summed E-state index contributed by atoms with van der Waals surface area (Å²) in [7, 11) is 1.82. The predicted molar refractivity (Wildman–Crippen MR) is 80.4 cm³/mol. The fourth-order valence-corrected chi connectivity index (χ4v) is 2.40. The second kappa shape index (κ2) is 5.43. The highest BCUT2D eigenvalue weighted by atomic mass is 15.3. The van der Waals surface area contributed by atoms with Gasteiger partial charge in [0.15, 0.2) is 5.82 Å². The van der Waals surface area contributed by atoms with E-state index in [1.54, 1.807) is 10.9 Å². The minimum Gasteiger partial charge on any atom is -0.383 e. The number of aryl methyl sites for hydroxylation is 3. The van der Waals surface area contributed by atoms with E-state index in [9.17, 15) is 0 Å². The molecule has 0 radical (unpaired) electrons. The van der Waals surface area contributed by atoms with Gasteiger partial charge in [0, 0.05) is 32.5 Å². The van der Waals surface area contributed by atoms with E-state index in [-0.39, 0.29) is 0 Å². The number of hydrogen-bond donors (Lipinski definition) is 1. The Hall–Kier alpha value is -2.57. The highest BCUT2D eigenvalue weighted by Crippen LogP contribution is 2.24. The lowest BCUT2D eigenvalue weighted by Crippen LogP contribution is -2.07. The third kappa shape index (κ3) is 2.54. The molecule has 110 valence electrons. The van der Waals surface area contributed by atoms with Gasteiger partial charge < -0.3 is 14.9 Å². The van der Waals surface area contributed by atoms with Crippen molar-refractivity contribution in [2.75, 3.05) is 5.73 Å². The molecule has 0 spiro atoms. The Balaban J connectivity index is 1.79. The van der Waals surface area contributed by atoms with Crippen LogP contribution >= 0.6 is 0 Å². The fourth-order valence-electron chi connectivity index (χ4n) is 2.40. The molecule has 3 aromatic rings. The molecule has 0 amide bonds. The zero-order chi connectivity index (χ0) is 14.8. The van der Waals surface area contributed by atoms with Crippen molar-refractivity contribution in [2.24, 2.45) is 7.05 Å². The van der Waals surface area contributed by atoms with Crippen molar-refractivity contribution < 1.29 is 0 Å². The largest absolute Gasteiger partial charge is 0.383 e. The Labute approximate surface area is 123 Å². The van der Waals surface area contributed by atoms with Crippen molar-refractivity contribution in [3.05, 3.63) is 36.5 Å². The molecule has 0 bridgehead atoms. The Morgan fingerprint density at radius 3 is 2.57 bits per heavy atom. The first-order valence-electron chi connectivity index (χ1n) is 6.95. The molecule has 3 aromatic heterocycles. The van der Waals surface area contributed by atoms with Crippen LogP contribution < -0.4 is 5.73 Å². The van der Waals surface area contributed by atoms with Crippen LogP contribution in [0.2, 0.25) is 0 Å². The lowest BCUT2D eigenvalue weighted by atomic mass is 10.3. The van der Waals surface area contributed by atoms with Crippen LogP contribution in [0.25, 0.3) is 11.4 Å². The van der Waals surface area contributed by atoms with Crippen molar-refractivity contribution in [1.82, 2.24) is 29.1 Å². The lowest BCUT2D eigenvalue weighted by molar-refractivity contribution is 0.559. The molecule has 7 nitrogen and oxygen atoms in total. The van der Waals surface area contributed by atoms with Crippen molar-refractivity contribution in [1.29, 1.82) is 0 Å². The summed E-state index contributed by atoms with van der Waals surface area (Å²) in [5.41, 5.74) is 6.87. The summed E-state index contributed by atoms with van der Waals surface area (Å²) in [5, 5.41) is 12.6. The first kappa shape index (κ1) is 13.4. The lowest BCUT2D eigenvalue weighted by Gasteiger charge is -2.09. The Kier molecular flexibility index (Phi) is 3.47. The minimum absolute atomic E-state index is 0.606. The molecule has 0 atom stereocenters. The third-order valence-corrected chi connectivity index (χ3v) is 3.63. The molecule has 2 N–H and O–H groups in total. The van der Waals surface area contributed by atoms with E-state index in [0.29, 0.717) is 5.82 Å². The van der Waals surface area contributed by atoms with Gasteiger partial charge in [0.2, 0.25) is 0 Å². The molecule has 0 aliphatic carbocycles. The molecule has 0 aliphatic heterocycles. The van der Waals surface area contributed by atoms with E-state index < -0.39 is 0 Å². The summed E-state index contributed by atoms with van der Waals surface area (Å²) in [6, 6.07) is 4.07. The average molecular weight is 285 g/mol. The molecule has 3 heterocycles. The number of anilines is 1. The minimum atomic E-state index is 0.606. The quantitative estimate of drug-likeness (QED) is 0.769. The van der Waals surface area contributed by atoms with Crippen molar-refractivity contribution in [2.45, 2.75) is 26.4 Å². The molecule has 0 unspecified atom stereocenters. The van der Waals surface area contributed by atoms with Gasteiger partial charge in [0.05, 0.1) is 11.8 Å². The maximum atomic E-state index is 6.03. The number of hydrogen-bond acceptors (Lipinski definition) is 4. The summed E-state index contributed by atoms with van der Waals surface area (Å²) in [6.07, 6.45) is 6.88. The number of rotatable bonds is 5. The van der Waals surface area contributed by atoms with Crippen molar-refractivity contribution in [3.8, 4) is 11.4 Å². The molecular formula is C14H19N7. The van der Waals surface area contributed by atoms with Crippen LogP contribution in [0.1, 0.15) is 12.2 Å². The summed E-state index contributed by atoms with van der Waals surface area (Å²) in [6.45, 7) is 3.77. The second-order valence-electron chi connectivity index (χ2n) is 5.06. The average Bonchev–Trinajstić information content (AvgIpc) is 3.17. The van der Waals surface area contributed by atoms with E-state index in [1.165, 1.54) is 0 Å². The van der Waals surface area contributed by atoms with E-state index in [4.69, 9.17) is 5.73 Å². The van der Waals surface area contributed by atoms with Gasteiger partial charge >= 0.3 is 0 Å². The van der Waals surface area contributed by atoms with Gasteiger partial charge in [-0.15, -0.1) is 10.2 Å². The molecular weight excluding hydrogens is 266 g/mol. The summed E-state index contributed by atoms with van der Waals surface area (Å²) in [5.74, 6) is 2.28. The van der Waals surface area contributed by atoms with Crippen LogP contribution in [0.15, 0.2) is 30.7 Å². The number of nitrogen functional groups attached to an aromatic ring is 1. The van der Waals surface area contributed by atoms with Gasteiger partial charge in [0.25, 0.3) is 0 Å². The highest BCUT2D eigenvalue weighted by molar-refractivity contribution is 5.68. The van der Waals surface area contributed by atoms with Crippen molar-refractivity contribution >= 4 is 5.82 Å². The Morgan fingerprint density at radius 1 is 1.14 bits per heavy atom. The van der Waals surface area contributed by atoms with Crippen LogP contribution in [-0.2, 0) is 20.1 Å². The summed E-state index contributed by atoms with van der Waals surface area (Å²) in [4.78, 5) is 0. The zero-order valence-corrected chi connectivity index (χ0v) is 12.3. The van der Waals surface area contributed by atoms with Gasteiger partial charge in [-0.25, -0.2) is 0 Å². The third-order valence-electron chi connectivity index (χ3n) is 3.63. The maximum Gasteiger partial charge on any atom is 0.169 e. The van der Waals surface area contributed by atoms with Crippen LogP contribution in [0.4, 0.5) is 5.82 Å². The Morgan fingerprint density at radius 2 is 1.90 bits per heavy atom. The van der Waals surface area contributed by atoms with Gasteiger partial charge in [0.1, 0.15) is 11.6 Å². The van der Waals surface area contributed by atoms with Gasteiger partial charge in [-0.1, -0.05) is 0 Å². The maximum absolute atomic E-state index is 6.03. The molecule has 0 saturated heterocycles. The smallest absolute Gasteiger partial charge is 0.169 e. The van der Waals surface area contributed by atoms with Crippen LogP contribution in [0, 0.1) is 6.92 Å². The molecule has 0 aliphatic rings. The van der Waals surface area contributed by atoms with Crippen molar-refractivity contribution in [3.63, 3.8) is 0 Å². The Bertz CT molecular complexity index is 721. The summed E-state index contributed by atoms with van der Waals surface area (Å²) < 4.78 is 5.90. The van der Waals surface area contributed by atoms with E-state index in [2.05, 4.69) is 36.8 Å². The molecule has 21 heavy (non-hydrogen) atoms. The van der Waals surface area contributed by atoms with Crippen LogP contribution in [0.3, 0.4) is 0 Å². The number of nitrogens with two attached hydrogens (primary N) is 1. The molecule has 0 saturated carbocycles. The van der Waals surface area contributed by atoms with Gasteiger partial charge in [-0.2, -0.15) is 5.10 Å². The SMILES string of the molecule is Cc1nnc(-c2cnn(C)c2N)n1CCCn1cccc1. The molecule has 0 fully saturated rings. The topological polar surface area (TPSA) is 79.5 Å². The fraction of sp³-hybridized carbons (Fsp3) is 0.357. The van der Waals surface area contributed by atoms with Gasteiger partial charge in [-0.05, 0) is 25.5 Å². The normalized spacial score (nSPS) is 11.1. The molecule has 7 heteroatoms. The molecule has 0 aromatic carbocycles. The standard InChI is InChI=1S/C14H19N7/c1-11-17-18-14(12-10-16-19(2)13(12)15)21(11)9-5-8-20-6-3-4-7-20/h3-4,6-7,10H,5,8-9,15H2,1-2H3. The summed E-state index contributed by atoms with van der Waals surface area (Å²) >= 11 is 0. The predicted octanol–water partition coefficient (Wildman–Crippen LogP) is 1.46. The number of aromatic nitrogens is 6. The highest BCUT2D eigenvalue weighted by Gasteiger charge is 2.16. The monoisotopic (exact) mass is 285 g/mol. The number of nitrogens with zero attached hydrogens (tertiary/aromatic N) is 6. The first-order valence-corrected chi connectivity index (χ1v) is 6.95. The van der Waals surface area contributed by atoms with Crippen LogP contribution in [-0.4, -0.2) is 29.1 Å². The molecule has 3 rings (SSSR count).